The summed E-state index contributed by atoms with van der Waals surface area (Å²) in [5, 5.41) is 0.444. The van der Waals surface area contributed by atoms with Crippen LogP contribution in [0.2, 0.25) is 0 Å². The highest BCUT2D eigenvalue weighted by Crippen LogP contribution is 2.41. The van der Waals surface area contributed by atoms with Gasteiger partial charge in [-0.1, -0.05) is 27.2 Å². The molecular formula is C9H17Cl. The molecule has 0 nitrogen and oxygen atoms in total. The van der Waals surface area contributed by atoms with Crippen molar-refractivity contribution in [3.8, 4) is 0 Å². The molecule has 0 aromatic carbocycles. The van der Waals surface area contributed by atoms with Gasteiger partial charge in [0.25, 0.3) is 0 Å². The Morgan fingerprint density at radius 1 is 1.30 bits per heavy atom. The Morgan fingerprint density at radius 2 is 1.90 bits per heavy atom. The lowest BCUT2D eigenvalue weighted by atomic mass is 9.91. The van der Waals surface area contributed by atoms with E-state index in [0.717, 1.165) is 17.8 Å². The van der Waals surface area contributed by atoms with Crippen molar-refractivity contribution in [2.24, 2.45) is 17.8 Å². The molecular weight excluding hydrogens is 144 g/mol. The maximum absolute atomic E-state index is 6.13. The molecule has 1 saturated carbocycles. The summed E-state index contributed by atoms with van der Waals surface area (Å²) >= 11 is 6.13. The Kier molecular flexibility index (Phi) is 2.62. The Bertz CT molecular complexity index is 111. The number of alkyl halides is 1. The van der Waals surface area contributed by atoms with Crippen LogP contribution in [0.4, 0.5) is 0 Å². The molecule has 0 aromatic heterocycles. The van der Waals surface area contributed by atoms with Crippen LogP contribution in [0.5, 0.6) is 0 Å². The van der Waals surface area contributed by atoms with Crippen molar-refractivity contribution < 1.29 is 0 Å². The molecule has 0 aliphatic heterocycles. The minimum absolute atomic E-state index is 0.444. The predicted octanol–water partition coefficient (Wildman–Crippen LogP) is 3.30. The normalized spacial score (nSPS) is 48.0. The summed E-state index contributed by atoms with van der Waals surface area (Å²) in [5.74, 6) is 2.46. The predicted molar refractivity (Wildman–Crippen MR) is 46.4 cm³/mol. The van der Waals surface area contributed by atoms with E-state index in [1.807, 2.05) is 0 Å². The number of rotatable bonds is 1. The van der Waals surface area contributed by atoms with E-state index in [2.05, 4.69) is 20.8 Å². The van der Waals surface area contributed by atoms with Crippen LogP contribution in [-0.2, 0) is 0 Å². The molecule has 4 atom stereocenters. The van der Waals surface area contributed by atoms with Crippen molar-refractivity contribution in [2.45, 2.75) is 39.0 Å². The minimum atomic E-state index is 0.444. The summed E-state index contributed by atoms with van der Waals surface area (Å²) in [5.41, 5.74) is 0. The van der Waals surface area contributed by atoms with Gasteiger partial charge in [-0.2, -0.15) is 0 Å². The molecule has 0 heterocycles. The van der Waals surface area contributed by atoms with Gasteiger partial charge in [-0.3, -0.25) is 0 Å². The lowest BCUT2D eigenvalue weighted by Gasteiger charge is -2.15. The van der Waals surface area contributed by atoms with Crippen molar-refractivity contribution >= 4 is 11.6 Å². The largest absolute Gasteiger partial charge is 0.123 e. The van der Waals surface area contributed by atoms with Gasteiger partial charge in [0.1, 0.15) is 0 Å². The Hall–Kier alpha value is 0.290. The first kappa shape index (κ1) is 8.39. The van der Waals surface area contributed by atoms with Crippen molar-refractivity contribution in [2.75, 3.05) is 0 Å². The maximum Gasteiger partial charge on any atom is 0.0367 e. The molecule has 60 valence electrons. The molecule has 10 heavy (non-hydrogen) atoms. The van der Waals surface area contributed by atoms with E-state index in [4.69, 9.17) is 11.6 Å². The van der Waals surface area contributed by atoms with Crippen LogP contribution < -0.4 is 0 Å². The van der Waals surface area contributed by atoms with Gasteiger partial charge in [-0.15, -0.1) is 11.6 Å². The highest BCUT2D eigenvalue weighted by molar-refractivity contribution is 6.20. The lowest BCUT2D eigenvalue weighted by molar-refractivity contribution is 0.350. The average molecular weight is 161 g/mol. The van der Waals surface area contributed by atoms with Crippen LogP contribution >= 0.6 is 11.6 Å². The standard InChI is InChI=1S/C9H17Cl/c1-4-8-5-9(10)7(3)6(8)2/h6-9H,4-5H2,1-3H3/t6?,7?,8-,9+/m0/s1. The fourth-order valence-corrected chi connectivity index (χ4v) is 2.47. The molecule has 1 rings (SSSR count). The van der Waals surface area contributed by atoms with Gasteiger partial charge in [0, 0.05) is 5.38 Å². The van der Waals surface area contributed by atoms with Gasteiger partial charge in [-0.25, -0.2) is 0 Å². The molecule has 0 bridgehead atoms. The van der Waals surface area contributed by atoms with Crippen molar-refractivity contribution in [1.29, 1.82) is 0 Å². The smallest absolute Gasteiger partial charge is 0.0367 e. The maximum atomic E-state index is 6.13. The van der Waals surface area contributed by atoms with Crippen LogP contribution in [0.25, 0.3) is 0 Å². The van der Waals surface area contributed by atoms with Crippen molar-refractivity contribution in [3.05, 3.63) is 0 Å². The second kappa shape index (κ2) is 3.13. The molecule has 0 radical (unpaired) electrons. The number of hydrogen-bond donors (Lipinski definition) is 0. The molecule has 2 unspecified atom stereocenters. The van der Waals surface area contributed by atoms with Gasteiger partial charge in [0.2, 0.25) is 0 Å². The molecule has 1 aliphatic rings. The summed E-state index contributed by atoms with van der Waals surface area (Å²) < 4.78 is 0. The highest BCUT2D eigenvalue weighted by Gasteiger charge is 2.35. The number of halogens is 1. The van der Waals surface area contributed by atoms with Crippen molar-refractivity contribution in [3.63, 3.8) is 0 Å². The minimum Gasteiger partial charge on any atom is -0.123 e. The van der Waals surface area contributed by atoms with Crippen LogP contribution in [-0.4, -0.2) is 5.38 Å². The third-order valence-electron chi connectivity index (χ3n) is 3.20. The average Bonchev–Trinajstić information content (AvgIpc) is 2.17. The molecule has 0 spiro atoms. The zero-order chi connectivity index (χ0) is 7.72. The van der Waals surface area contributed by atoms with Gasteiger partial charge < -0.3 is 0 Å². The zero-order valence-corrected chi connectivity index (χ0v) is 7.86. The first-order valence-corrected chi connectivity index (χ1v) is 4.74. The van der Waals surface area contributed by atoms with E-state index in [1.165, 1.54) is 12.8 Å². The third kappa shape index (κ3) is 1.32. The quantitative estimate of drug-likeness (QED) is 0.517. The SMILES string of the molecule is CC[C@H]1C[C@@H](Cl)C(C)C1C. The zero-order valence-electron chi connectivity index (χ0n) is 7.10. The summed E-state index contributed by atoms with van der Waals surface area (Å²) in [6.45, 7) is 6.88. The molecule has 0 N–H and O–H groups in total. The third-order valence-corrected chi connectivity index (χ3v) is 3.77. The summed E-state index contributed by atoms with van der Waals surface area (Å²) in [6, 6.07) is 0. The van der Waals surface area contributed by atoms with Gasteiger partial charge in [-0.05, 0) is 24.2 Å². The van der Waals surface area contributed by atoms with E-state index in [9.17, 15) is 0 Å². The second-order valence-electron chi connectivity index (χ2n) is 3.64. The van der Waals surface area contributed by atoms with Gasteiger partial charge in [0.05, 0.1) is 0 Å². The monoisotopic (exact) mass is 160 g/mol. The molecule has 0 saturated heterocycles. The van der Waals surface area contributed by atoms with E-state index >= 15 is 0 Å². The van der Waals surface area contributed by atoms with Gasteiger partial charge in [0.15, 0.2) is 0 Å². The Morgan fingerprint density at radius 3 is 2.10 bits per heavy atom. The van der Waals surface area contributed by atoms with Crippen LogP contribution in [0.15, 0.2) is 0 Å². The first-order valence-electron chi connectivity index (χ1n) is 4.30. The van der Waals surface area contributed by atoms with Crippen molar-refractivity contribution in [1.82, 2.24) is 0 Å². The summed E-state index contributed by atoms with van der Waals surface area (Å²) in [6.07, 6.45) is 2.54. The molecule has 1 aliphatic carbocycles. The Balaban J connectivity index is 2.53. The molecule has 0 amide bonds. The number of hydrogen-bond acceptors (Lipinski definition) is 0. The lowest BCUT2D eigenvalue weighted by Crippen LogP contribution is -2.10. The summed E-state index contributed by atoms with van der Waals surface area (Å²) in [7, 11) is 0. The van der Waals surface area contributed by atoms with E-state index in [1.54, 1.807) is 0 Å². The van der Waals surface area contributed by atoms with E-state index in [0.29, 0.717) is 5.38 Å². The van der Waals surface area contributed by atoms with E-state index < -0.39 is 0 Å². The topological polar surface area (TPSA) is 0 Å². The van der Waals surface area contributed by atoms with Crippen LogP contribution in [0, 0.1) is 17.8 Å². The fraction of sp³-hybridized carbons (Fsp3) is 1.00. The van der Waals surface area contributed by atoms with E-state index in [-0.39, 0.29) is 0 Å². The first-order chi connectivity index (χ1) is 4.66. The fourth-order valence-electron chi connectivity index (χ4n) is 2.02. The molecule has 1 fully saturated rings. The molecule has 1 heteroatoms. The highest BCUT2D eigenvalue weighted by atomic mass is 35.5. The van der Waals surface area contributed by atoms with Crippen LogP contribution in [0.3, 0.4) is 0 Å². The Labute approximate surface area is 69.0 Å². The molecule has 0 aromatic rings. The van der Waals surface area contributed by atoms with Gasteiger partial charge >= 0.3 is 0 Å². The summed E-state index contributed by atoms with van der Waals surface area (Å²) in [4.78, 5) is 0. The second-order valence-corrected chi connectivity index (χ2v) is 4.20. The van der Waals surface area contributed by atoms with Crippen LogP contribution in [0.1, 0.15) is 33.6 Å².